The molecule has 0 bridgehead atoms. The summed E-state index contributed by atoms with van der Waals surface area (Å²) < 4.78 is 1.73. The number of anilines is 1. The number of piperidine rings is 1. The summed E-state index contributed by atoms with van der Waals surface area (Å²) in [5.74, 6) is 1.47. The number of pyridine rings is 1. The summed E-state index contributed by atoms with van der Waals surface area (Å²) in [6.07, 6.45) is 4.04. The van der Waals surface area contributed by atoms with Gasteiger partial charge in [-0.15, -0.1) is 5.10 Å². The lowest BCUT2D eigenvalue weighted by molar-refractivity contribution is 0.363. The van der Waals surface area contributed by atoms with E-state index in [-0.39, 0.29) is 0 Å². The highest BCUT2D eigenvalue weighted by atomic mass is 35.5. The van der Waals surface area contributed by atoms with Crippen molar-refractivity contribution in [2.75, 3.05) is 18.0 Å². The average Bonchev–Trinajstić information content (AvgIpc) is 2.81. The van der Waals surface area contributed by atoms with Gasteiger partial charge in [-0.2, -0.15) is 4.98 Å². The van der Waals surface area contributed by atoms with Crippen LogP contribution in [0.2, 0.25) is 5.02 Å². The van der Waals surface area contributed by atoms with Gasteiger partial charge in [-0.25, -0.2) is 4.52 Å². The Balaban J connectivity index is 1.94. The van der Waals surface area contributed by atoms with Crippen LogP contribution in [0.15, 0.2) is 18.3 Å². The van der Waals surface area contributed by atoms with E-state index < -0.39 is 0 Å². The molecule has 2 aromatic rings. The van der Waals surface area contributed by atoms with E-state index in [1.165, 1.54) is 0 Å². The molecule has 2 N–H and O–H groups in total. The molecule has 1 fully saturated rings. The van der Waals surface area contributed by atoms with Crippen molar-refractivity contribution in [3.8, 4) is 0 Å². The van der Waals surface area contributed by atoms with Gasteiger partial charge < -0.3 is 10.6 Å². The van der Waals surface area contributed by atoms with E-state index in [2.05, 4.69) is 21.9 Å². The summed E-state index contributed by atoms with van der Waals surface area (Å²) >= 11 is 5.97. The number of hydrogen-bond donors (Lipinski definition) is 1. The van der Waals surface area contributed by atoms with Crippen LogP contribution in [0.4, 0.5) is 5.95 Å². The molecule has 5 nitrogen and oxygen atoms in total. The van der Waals surface area contributed by atoms with Gasteiger partial charge in [0.05, 0.1) is 5.02 Å². The standard InChI is InChI=1S/C13H18ClN5/c1-9-4-5-18(11(6-9)7-15)13-16-12-3-2-10(14)8-19(12)17-13/h2-3,8-9,11H,4-7,15H2,1H3. The van der Waals surface area contributed by atoms with Crippen molar-refractivity contribution in [2.45, 2.75) is 25.8 Å². The molecule has 6 heteroatoms. The van der Waals surface area contributed by atoms with Crippen LogP contribution in [0.25, 0.3) is 5.65 Å². The molecule has 0 aromatic carbocycles. The van der Waals surface area contributed by atoms with E-state index >= 15 is 0 Å². The Kier molecular flexibility index (Phi) is 3.33. The molecule has 1 aliphatic rings. The molecular weight excluding hydrogens is 262 g/mol. The minimum Gasteiger partial charge on any atom is -0.335 e. The number of fused-ring (bicyclic) bond motifs is 1. The zero-order valence-corrected chi connectivity index (χ0v) is 11.7. The number of aromatic nitrogens is 3. The van der Waals surface area contributed by atoms with Crippen molar-refractivity contribution in [3.05, 3.63) is 23.4 Å². The van der Waals surface area contributed by atoms with Crippen molar-refractivity contribution in [3.63, 3.8) is 0 Å². The Morgan fingerprint density at radius 3 is 3.11 bits per heavy atom. The molecule has 0 aliphatic carbocycles. The number of nitrogens with two attached hydrogens (primary N) is 1. The van der Waals surface area contributed by atoms with Crippen molar-refractivity contribution in [1.82, 2.24) is 14.6 Å². The average molecular weight is 280 g/mol. The largest absolute Gasteiger partial charge is 0.335 e. The maximum absolute atomic E-state index is 5.97. The molecule has 2 atom stereocenters. The third kappa shape index (κ3) is 2.40. The maximum atomic E-state index is 5.97. The molecule has 0 amide bonds. The number of halogens is 1. The molecular formula is C13H18ClN5. The molecule has 1 saturated heterocycles. The van der Waals surface area contributed by atoms with Crippen molar-refractivity contribution in [2.24, 2.45) is 11.7 Å². The quantitative estimate of drug-likeness (QED) is 0.913. The number of hydrogen-bond acceptors (Lipinski definition) is 4. The lowest BCUT2D eigenvalue weighted by Crippen LogP contribution is -2.46. The van der Waals surface area contributed by atoms with Gasteiger partial charge in [0.15, 0.2) is 5.65 Å². The predicted molar refractivity (Wildman–Crippen MR) is 76.6 cm³/mol. The van der Waals surface area contributed by atoms with Crippen molar-refractivity contribution in [1.29, 1.82) is 0 Å². The fraction of sp³-hybridized carbons (Fsp3) is 0.538. The van der Waals surface area contributed by atoms with Crippen LogP contribution >= 0.6 is 11.6 Å². The Morgan fingerprint density at radius 1 is 1.47 bits per heavy atom. The zero-order chi connectivity index (χ0) is 13.4. The molecule has 0 radical (unpaired) electrons. The van der Waals surface area contributed by atoms with Crippen LogP contribution in [0.5, 0.6) is 0 Å². The van der Waals surface area contributed by atoms with Crippen LogP contribution in [-0.2, 0) is 0 Å². The number of nitrogens with zero attached hydrogens (tertiary/aromatic N) is 4. The highest BCUT2D eigenvalue weighted by Crippen LogP contribution is 2.26. The third-order valence-corrected chi connectivity index (χ3v) is 4.01. The maximum Gasteiger partial charge on any atom is 0.245 e. The fourth-order valence-electron chi connectivity index (χ4n) is 2.71. The first-order valence-corrected chi connectivity index (χ1v) is 7.04. The minimum absolute atomic E-state index is 0.330. The Bertz CT molecular complexity index is 581. The minimum atomic E-state index is 0.330. The fourth-order valence-corrected chi connectivity index (χ4v) is 2.86. The van der Waals surface area contributed by atoms with Crippen molar-refractivity contribution < 1.29 is 0 Å². The van der Waals surface area contributed by atoms with Gasteiger partial charge in [0.25, 0.3) is 0 Å². The summed E-state index contributed by atoms with van der Waals surface area (Å²) in [6.45, 7) is 3.88. The highest BCUT2D eigenvalue weighted by molar-refractivity contribution is 6.30. The van der Waals surface area contributed by atoms with Gasteiger partial charge in [-0.1, -0.05) is 18.5 Å². The van der Waals surface area contributed by atoms with Gasteiger partial charge in [-0.05, 0) is 30.9 Å². The summed E-state index contributed by atoms with van der Waals surface area (Å²) in [4.78, 5) is 6.79. The van der Waals surface area contributed by atoms with E-state index in [0.717, 1.165) is 36.9 Å². The highest BCUT2D eigenvalue weighted by Gasteiger charge is 2.27. The van der Waals surface area contributed by atoms with Crippen LogP contribution in [0.3, 0.4) is 0 Å². The molecule has 2 aromatic heterocycles. The first-order chi connectivity index (χ1) is 9.17. The van der Waals surface area contributed by atoms with Gasteiger partial charge in [-0.3, -0.25) is 0 Å². The monoisotopic (exact) mass is 279 g/mol. The van der Waals surface area contributed by atoms with E-state index in [9.17, 15) is 0 Å². The van der Waals surface area contributed by atoms with E-state index in [0.29, 0.717) is 17.6 Å². The Hall–Kier alpha value is -1.33. The van der Waals surface area contributed by atoms with Gasteiger partial charge in [0.2, 0.25) is 5.95 Å². The molecule has 2 unspecified atom stereocenters. The molecule has 0 saturated carbocycles. The summed E-state index contributed by atoms with van der Waals surface area (Å²) in [5, 5.41) is 5.17. The molecule has 0 spiro atoms. The van der Waals surface area contributed by atoms with Crippen LogP contribution in [0, 0.1) is 5.92 Å². The van der Waals surface area contributed by atoms with Gasteiger partial charge >= 0.3 is 0 Å². The van der Waals surface area contributed by atoms with Gasteiger partial charge in [0.1, 0.15) is 0 Å². The lowest BCUT2D eigenvalue weighted by atomic mass is 9.93. The molecule has 102 valence electrons. The second kappa shape index (κ2) is 4.98. The Labute approximate surface area is 117 Å². The summed E-state index contributed by atoms with van der Waals surface area (Å²) in [6, 6.07) is 4.04. The second-order valence-electron chi connectivity index (χ2n) is 5.27. The second-order valence-corrected chi connectivity index (χ2v) is 5.71. The van der Waals surface area contributed by atoms with Crippen LogP contribution in [0.1, 0.15) is 19.8 Å². The van der Waals surface area contributed by atoms with E-state index in [1.807, 2.05) is 12.1 Å². The van der Waals surface area contributed by atoms with E-state index in [1.54, 1.807) is 10.7 Å². The summed E-state index contributed by atoms with van der Waals surface area (Å²) in [7, 11) is 0. The summed E-state index contributed by atoms with van der Waals surface area (Å²) in [5.41, 5.74) is 6.70. The van der Waals surface area contributed by atoms with Crippen LogP contribution < -0.4 is 10.6 Å². The Morgan fingerprint density at radius 2 is 2.32 bits per heavy atom. The third-order valence-electron chi connectivity index (χ3n) is 3.79. The first kappa shape index (κ1) is 12.7. The zero-order valence-electron chi connectivity index (χ0n) is 11.0. The molecule has 3 rings (SSSR count). The van der Waals surface area contributed by atoms with Crippen molar-refractivity contribution >= 4 is 23.2 Å². The molecule has 1 aliphatic heterocycles. The molecule has 3 heterocycles. The number of rotatable bonds is 2. The lowest BCUT2D eigenvalue weighted by Gasteiger charge is -2.37. The topological polar surface area (TPSA) is 59.5 Å². The van der Waals surface area contributed by atoms with Crippen LogP contribution in [-0.4, -0.2) is 33.7 Å². The van der Waals surface area contributed by atoms with Gasteiger partial charge in [0, 0.05) is 25.3 Å². The molecule has 19 heavy (non-hydrogen) atoms. The SMILES string of the molecule is CC1CCN(c2nc3ccc(Cl)cn3n2)C(CN)C1. The normalized spacial score (nSPS) is 24.1. The predicted octanol–water partition coefficient (Wildman–Crippen LogP) is 1.95. The smallest absolute Gasteiger partial charge is 0.245 e. The first-order valence-electron chi connectivity index (χ1n) is 6.66. The van der Waals surface area contributed by atoms with E-state index in [4.69, 9.17) is 17.3 Å².